The number of nitrogens with zero attached hydrogens (tertiary/aromatic N) is 3. The first-order valence-corrected chi connectivity index (χ1v) is 10.6. The van der Waals surface area contributed by atoms with E-state index in [1.54, 1.807) is 6.20 Å². The van der Waals surface area contributed by atoms with E-state index in [0.717, 1.165) is 48.0 Å². The smallest absolute Gasteiger partial charge is 0.145 e. The fraction of sp³-hybridized carbons (Fsp3) is 0.304. The quantitative estimate of drug-likeness (QED) is 0.436. The van der Waals surface area contributed by atoms with Crippen molar-refractivity contribution in [3.63, 3.8) is 0 Å². The van der Waals surface area contributed by atoms with Crippen molar-refractivity contribution in [2.75, 3.05) is 32.0 Å². The number of anilines is 1. The molecule has 0 unspecified atom stereocenters. The first-order chi connectivity index (χ1) is 14.1. The monoisotopic (exact) mass is 428 g/mol. The molecule has 0 aliphatic heterocycles. The zero-order valence-electron chi connectivity index (χ0n) is 16.8. The summed E-state index contributed by atoms with van der Waals surface area (Å²) in [5.41, 5.74) is 3.57. The Hall–Kier alpha value is -2.14. The van der Waals surface area contributed by atoms with Crippen molar-refractivity contribution in [2.45, 2.75) is 19.8 Å². The van der Waals surface area contributed by atoms with Crippen LogP contribution in [-0.4, -0.2) is 41.5 Å². The molecular weight excluding hydrogens is 403 g/mol. The number of rotatable bonds is 9. The van der Waals surface area contributed by atoms with Crippen LogP contribution in [0.15, 0.2) is 54.7 Å². The molecule has 1 heterocycles. The molecule has 0 spiro atoms. The highest BCUT2D eigenvalue weighted by Crippen LogP contribution is 2.31. The standard InChI is InChI=1S/C23H26Cl2N4/c1-3-4-14-29(2)15-13-26-21-16-27-22(17-5-9-19(24)10-6-17)23(28-21)18-7-11-20(25)12-8-18/h5-12,16H,3-4,13-15H2,1-2H3,(H,26,28). The van der Waals surface area contributed by atoms with Crippen LogP contribution in [0.4, 0.5) is 5.82 Å². The van der Waals surface area contributed by atoms with E-state index in [1.807, 2.05) is 48.5 Å². The highest BCUT2D eigenvalue weighted by Gasteiger charge is 2.13. The van der Waals surface area contributed by atoms with Gasteiger partial charge in [-0.15, -0.1) is 0 Å². The van der Waals surface area contributed by atoms with E-state index in [0.29, 0.717) is 10.0 Å². The van der Waals surface area contributed by atoms with Crippen molar-refractivity contribution >= 4 is 29.0 Å². The van der Waals surface area contributed by atoms with Gasteiger partial charge >= 0.3 is 0 Å². The van der Waals surface area contributed by atoms with Gasteiger partial charge in [-0.25, -0.2) is 4.98 Å². The zero-order valence-corrected chi connectivity index (χ0v) is 18.3. The Labute approximate surface area is 182 Å². The third-order valence-electron chi connectivity index (χ3n) is 4.70. The predicted octanol–water partition coefficient (Wildman–Crippen LogP) is 6.26. The van der Waals surface area contributed by atoms with E-state index in [1.165, 1.54) is 12.8 Å². The molecule has 0 saturated heterocycles. The number of hydrogen-bond donors (Lipinski definition) is 1. The second kappa shape index (κ2) is 10.6. The molecule has 152 valence electrons. The summed E-state index contributed by atoms with van der Waals surface area (Å²) in [7, 11) is 2.14. The lowest BCUT2D eigenvalue weighted by molar-refractivity contribution is 0.340. The van der Waals surface area contributed by atoms with Crippen LogP contribution in [0.2, 0.25) is 10.0 Å². The molecule has 29 heavy (non-hydrogen) atoms. The van der Waals surface area contributed by atoms with Gasteiger partial charge in [0.2, 0.25) is 0 Å². The predicted molar refractivity (Wildman–Crippen MR) is 124 cm³/mol. The number of aromatic nitrogens is 2. The molecule has 0 atom stereocenters. The lowest BCUT2D eigenvalue weighted by atomic mass is 10.0. The van der Waals surface area contributed by atoms with Crippen molar-refractivity contribution < 1.29 is 0 Å². The minimum absolute atomic E-state index is 0.694. The molecule has 0 aliphatic rings. The average Bonchev–Trinajstić information content (AvgIpc) is 2.73. The highest BCUT2D eigenvalue weighted by atomic mass is 35.5. The van der Waals surface area contributed by atoms with Crippen LogP contribution >= 0.6 is 23.2 Å². The summed E-state index contributed by atoms with van der Waals surface area (Å²) in [6, 6.07) is 15.3. The van der Waals surface area contributed by atoms with E-state index in [-0.39, 0.29) is 0 Å². The molecule has 2 aromatic carbocycles. The van der Waals surface area contributed by atoms with Gasteiger partial charge in [0.25, 0.3) is 0 Å². The molecule has 3 rings (SSSR count). The average molecular weight is 429 g/mol. The van der Waals surface area contributed by atoms with Gasteiger partial charge in [-0.2, -0.15) is 0 Å². The number of likely N-dealkylation sites (N-methyl/N-ethyl adjacent to an activating group) is 1. The molecule has 1 aromatic heterocycles. The fourth-order valence-electron chi connectivity index (χ4n) is 3.02. The summed E-state index contributed by atoms with van der Waals surface area (Å²) in [4.78, 5) is 11.9. The maximum atomic E-state index is 6.07. The summed E-state index contributed by atoms with van der Waals surface area (Å²) < 4.78 is 0. The summed E-state index contributed by atoms with van der Waals surface area (Å²) in [5, 5.41) is 4.79. The Morgan fingerprint density at radius 3 is 2.03 bits per heavy atom. The lowest BCUT2D eigenvalue weighted by Gasteiger charge is -2.17. The number of halogens is 2. The van der Waals surface area contributed by atoms with Crippen LogP contribution in [0.3, 0.4) is 0 Å². The van der Waals surface area contributed by atoms with Crippen molar-refractivity contribution in [3.8, 4) is 22.5 Å². The minimum Gasteiger partial charge on any atom is -0.367 e. The van der Waals surface area contributed by atoms with Gasteiger partial charge in [-0.1, -0.05) is 60.8 Å². The summed E-state index contributed by atoms with van der Waals surface area (Å²) >= 11 is 12.1. The molecule has 0 amide bonds. The van der Waals surface area contributed by atoms with Crippen LogP contribution in [0.1, 0.15) is 19.8 Å². The van der Waals surface area contributed by atoms with Crippen molar-refractivity contribution in [1.82, 2.24) is 14.9 Å². The number of nitrogens with one attached hydrogen (secondary N) is 1. The molecule has 4 nitrogen and oxygen atoms in total. The largest absolute Gasteiger partial charge is 0.367 e. The van der Waals surface area contributed by atoms with E-state index < -0.39 is 0 Å². The van der Waals surface area contributed by atoms with Crippen LogP contribution in [0.5, 0.6) is 0 Å². The van der Waals surface area contributed by atoms with E-state index >= 15 is 0 Å². The molecule has 1 N–H and O–H groups in total. The second-order valence-electron chi connectivity index (χ2n) is 7.05. The molecule has 0 bridgehead atoms. The summed E-state index contributed by atoms with van der Waals surface area (Å²) in [5.74, 6) is 0.761. The van der Waals surface area contributed by atoms with Crippen molar-refractivity contribution in [3.05, 3.63) is 64.8 Å². The second-order valence-corrected chi connectivity index (χ2v) is 7.92. The Balaban J connectivity index is 1.84. The third-order valence-corrected chi connectivity index (χ3v) is 5.20. The first kappa shape index (κ1) is 21.6. The molecule has 0 aliphatic carbocycles. The number of benzene rings is 2. The topological polar surface area (TPSA) is 41.0 Å². The molecule has 6 heteroatoms. The molecule has 0 fully saturated rings. The fourth-order valence-corrected chi connectivity index (χ4v) is 3.27. The summed E-state index contributed by atoms with van der Waals surface area (Å²) in [6.07, 6.45) is 4.21. The van der Waals surface area contributed by atoms with Gasteiger partial charge in [0.05, 0.1) is 17.6 Å². The van der Waals surface area contributed by atoms with Crippen molar-refractivity contribution in [2.24, 2.45) is 0 Å². The number of hydrogen-bond acceptors (Lipinski definition) is 4. The molecule has 0 saturated carbocycles. The Bertz CT molecular complexity index is 911. The Kier molecular flexibility index (Phi) is 7.87. The van der Waals surface area contributed by atoms with Gasteiger partial charge < -0.3 is 10.2 Å². The van der Waals surface area contributed by atoms with E-state index in [2.05, 4.69) is 24.2 Å². The van der Waals surface area contributed by atoms with Gasteiger partial charge in [0, 0.05) is 34.3 Å². The van der Waals surface area contributed by atoms with E-state index in [4.69, 9.17) is 33.2 Å². The van der Waals surface area contributed by atoms with Crippen molar-refractivity contribution in [1.29, 1.82) is 0 Å². The van der Waals surface area contributed by atoms with Crippen LogP contribution in [0.25, 0.3) is 22.5 Å². The van der Waals surface area contributed by atoms with Gasteiger partial charge in [0.15, 0.2) is 0 Å². The molecule has 0 radical (unpaired) electrons. The maximum Gasteiger partial charge on any atom is 0.145 e. The Morgan fingerprint density at radius 1 is 0.862 bits per heavy atom. The zero-order chi connectivity index (χ0) is 20.6. The number of unbranched alkanes of at least 4 members (excludes halogenated alkanes) is 1. The lowest BCUT2D eigenvalue weighted by Crippen LogP contribution is -2.26. The first-order valence-electron chi connectivity index (χ1n) is 9.88. The van der Waals surface area contributed by atoms with Gasteiger partial charge in [-0.05, 0) is 44.3 Å². The van der Waals surface area contributed by atoms with Gasteiger partial charge in [0.1, 0.15) is 5.82 Å². The van der Waals surface area contributed by atoms with Crippen LogP contribution in [0, 0.1) is 0 Å². The summed E-state index contributed by atoms with van der Waals surface area (Å²) in [6.45, 7) is 5.09. The van der Waals surface area contributed by atoms with Crippen LogP contribution in [-0.2, 0) is 0 Å². The highest BCUT2D eigenvalue weighted by molar-refractivity contribution is 6.31. The Morgan fingerprint density at radius 2 is 1.45 bits per heavy atom. The third kappa shape index (κ3) is 6.17. The molecule has 3 aromatic rings. The van der Waals surface area contributed by atoms with E-state index in [9.17, 15) is 0 Å². The van der Waals surface area contributed by atoms with Gasteiger partial charge in [-0.3, -0.25) is 4.98 Å². The van der Waals surface area contributed by atoms with Crippen LogP contribution < -0.4 is 5.32 Å². The normalized spacial score (nSPS) is 11.1. The SMILES string of the molecule is CCCCN(C)CCNc1cnc(-c2ccc(Cl)cc2)c(-c2ccc(Cl)cc2)n1. The molecular formula is C23H26Cl2N4. The maximum absolute atomic E-state index is 6.07. The minimum atomic E-state index is 0.694.